The van der Waals surface area contributed by atoms with Crippen LogP contribution in [0, 0.1) is 13.8 Å². The van der Waals surface area contributed by atoms with E-state index >= 15 is 0 Å². The minimum atomic E-state index is -0.108. The van der Waals surface area contributed by atoms with Crippen molar-refractivity contribution < 1.29 is 4.79 Å². The van der Waals surface area contributed by atoms with Gasteiger partial charge in [-0.25, -0.2) is 0 Å². The highest BCUT2D eigenvalue weighted by molar-refractivity contribution is 7.13. The largest absolute Gasteiger partial charge is 0.298 e. The molecule has 30 heavy (non-hydrogen) atoms. The average molecular weight is 431 g/mol. The maximum atomic E-state index is 13.4. The number of Topliss-reactive ketones (excluding diaryl/α,β-unsaturated/α-hetero) is 1. The van der Waals surface area contributed by atoms with Crippen molar-refractivity contribution in [3.63, 3.8) is 0 Å². The Morgan fingerprint density at radius 2 is 1.03 bits per heavy atom. The van der Waals surface area contributed by atoms with E-state index in [9.17, 15) is 4.79 Å². The van der Waals surface area contributed by atoms with Crippen molar-refractivity contribution in [2.24, 2.45) is 0 Å². The molecule has 0 radical (unpaired) electrons. The molecule has 0 saturated carbocycles. The number of carbonyl (C=O) groups excluding carboxylic acids is 1. The van der Waals surface area contributed by atoms with Gasteiger partial charge in [0, 0.05) is 31.3 Å². The van der Waals surface area contributed by atoms with Gasteiger partial charge in [0.25, 0.3) is 0 Å². The number of thiophene rings is 2. The van der Waals surface area contributed by atoms with E-state index < -0.39 is 0 Å². The molecule has 2 unspecified atom stereocenters. The molecule has 2 aromatic heterocycles. The van der Waals surface area contributed by atoms with Crippen molar-refractivity contribution in [1.29, 1.82) is 0 Å². The van der Waals surface area contributed by atoms with Crippen LogP contribution in [0.15, 0.2) is 72.8 Å². The molecular weight excluding hydrogens is 404 g/mol. The van der Waals surface area contributed by atoms with Gasteiger partial charge in [-0.1, -0.05) is 74.5 Å². The van der Waals surface area contributed by atoms with Gasteiger partial charge in [0.2, 0.25) is 0 Å². The molecule has 0 saturated heterocycles. The van der Waals surface area contributed by atoms with Crippen LogP contribution in [0.4, 0.5) is 0 Å². The van der Waals surface area contributed by atoms with Crippen molar-refractivity contribution in [1.82, 2.24) is 0 Å². The molecular formula is C27H26OS2. The molecule has 0 aliphatic carbocycles. The topological polar surface area (TPSA) is 17.1 Å². The van der Waals surface area contributed by atoms with Crippen LogP contribution < -0.4 is 0 Å². The van der Waals surface area contributed by atoms with Crippen LogP contribution in [0.5, 0.6) is 0 Å². The van der Waals surface area contributed by atoms with Crippen LogP contribution in [0.1, 0.15) is 45.2 Å². The summed E-state index contributed by atoms with van der Waals surface area (Å²) >= 11 is 3.49. The summed E-state index contributed by atoms with van der Waals surface area (Å²) < 4.78 is 0. The molecule has 2 atom stereocenters. The third-order valence-electron chi connectivity index (χ3n) is 5.75. The summed E-state index contributed by atoms with van der Waals surface area (Å²) in [5.41, 5.74) is 4.90. The number of hydrogen-bond donors (Lipinski definition) is 0. The highest BCUT2D eigenvalue weighted by Gasteiger charge is 2.26. The standard InChI is InChI=1S/C27H26OS2/c1-17(25-15-23(19(3)29-25)21-11-7-5-8-12-21)27(28)18(2)26-16-24(20(4)30-26)22-13-9-6-10-14-22/h5-18H,1-4H3. The molecule has 4 aromatic rings. The van der Waals surface area contributed by atoms with Gasteiger partial charge in [0.1, 0.15) is 5.78 Å². The number of hydrogen-bond acceptors (Lipinski definition) is 3. The summed E-state index contributed by atoms with van der Waals surface area (Å²) in [5.74, 6) is 0.0733. The van der Waals surface area contributed by atoms with Crippen LogP contribution in [0.25, 0.3) is 22.3 Å². The van der Waals surface area contributed by atoms with E-state index in [-0.39, 0.29) is 17.6 Å². The van der Waals surface area contributed by atoms with Crippen LogP contribution in [-0.4, -0.2) is 5.78 Å². The third kappa shape index (κ3) is 4.05. The Kier molecular flexibility index (Phi) is 6.03. The molecule has 1 nitrogen and oxygen atoms in total. The van der Waals surface area contributed by atoms with Gasteiger partial charge in [-0.05, 0) is 48.2 Å². The zero-order valence-electron chi connectivity index (χ0n) is 17.8. The average Bonchev–Trinajstić information content (AvgIpc) is 3.36. The summed E-state index contributed by atoms with van der Waals surface area (Å²) in [5, 5.41) is 0. The van der Waals surface area contributed by atoms with E-state index in [1.807, 2.05) is 12.1 Å². The number of benzene rings is 2. The lowest BCUT2D eigenvalue weighted by molar-refractivity contribution is -0.121. The lowest BCUT2D eigenvalue weighted by atomic mass is 9.91. The fraction of sp³-hybridized carbons (Fsp3) is 0.222. The Morgan fingerprint density at radius 3 is 1.40 bits per heavy atom. The summed E-state index contributed by atoms with van der Waals surface area (Å²) in [7, 11) is 0. The maximum absolute atomic E-state index is 13.4. The highest BCUT2D eigenvalue weighted by Crippen LogP contribution is 2.39. The minimum absolute atomic E-state index is 0.108. The first-order valence-electron chi connectivity index (χ1n) is 10.3. The smallest absolute Gasteiger partial charge is 0.148 e. The molecule has 2 aromatic carbocycles. The molecule has 0 bridgehead atoms. The van der Waals surface area contributed by atoms with Gasteiger partial charge in [-0.15, -0.1) is 22.7 Å². The van der Waals surface area contributed by atoms with Gasteiger partial charge in [-0.2, -0.15) is 0 Å². The molecule has 4 rings (SSSR count). The highest BCUT2D eigenvalue weighted by atomic mass is 32.1. The van der Waals surface area contributed by atoms with Crippen molar-refractivity contribution in [3.8, 4) is 22.3 Å². The van der Waals surface area contributed by atoms with Crippen LogP contribution >= 0.6 is 22.7 Å². The SMILES string of the molecule is Cc1sc(C(C)C(=O)C(C)c2cc(-c3ccccc3)c(C)s2)cc1-c1ccccc1. The molecule has 2 heterocycles. The molecule has 0 aliphatic rings. The van der Waals surface area contributed by atoms with Crippen LogP contribution in [-0.2, 0) is 4.79 Å². The van der Waals surface area contributed by atoms with E-state index in [1.54, 1.807) is 22.7 Å². The third-order valence-corrected chi connectivity index (χ3v) is 8.22. The van der Waals surface area contributed by atoms with Crippen molar-refractivity contribution >= 4 is 28.5 Å². The van der Waals surface area contributed by atoms with E-state index in [2.05, 4.69) is 88.4 Å². The van der Waals surface area contributed by atoms with E-state index in [4.69, 9.17) is 0 Å². The molecule has 0 fully saturated rings. The molecule has 0 amide bonds. The fourth-order valence-electron chi connectivity index (χ4n) is 3.90. The summed E-state index contributed by atoms with van der Waals surface area (Å²) in [6.07, 6.45) is 0. The predicted molar refractivity (Wildman–Crippen MR) is 131 cm³/mol. The molecule has 0 N–H and O–H groups in total. The minimum Gasteiger partial charge on any atom is -0.298 e. The summed E-state index contributed by atoms with van der Waals surface area (Å²) in [6.45, 7) is 8.40. The molecule has 152 valence electrons. The lowest BCUT2D eigenvalue weighted by Gasteiger charge is -2.14. The van der Waals surface area contributed by atoms with Gasteiger partial charge in [-0.3, -0.25) is 4.79 Å². The Bertz CT molecular complexity index is 1060. The Hall–Kier alpha value is -2.49. The number of ketones is 1. The van der Waals surface area contributed by atoms with Crippen LogP contribution in [0.3, 0.4) is 0 Å². The monoisotopic (exact) mass is 430 g/mol. The van der Waals surface area contributed by atoms with Gasteiger partial charge in [0.05, 0.1) is 0 Å². The zero-order chi connectivity index (χ0) is 21.3. The second kappa shape index (κ2) is 8.71. The first-order chi connectivity index (χ1) is 14.5. The van der Waals surface area contributed by atoms with Crippen LogP contribution in [0.2, 0.25) is 0 Å². The van der Waals surface area contributed by atoms with E-state index in [0.717, 1.165) is 9.75 Å². The summed E-state index contributed by atoms with van der Waals surface area (Å²) in [6, 6.07) is 25.3. The Labute approximate surface area is 187 Å². The van der Waals surface area contributed by atoms with Gasteiger partial charge < -0.3 is 0 Å². The normalized spacial score (nSPS) is 13.2. The first kappa shape index (κ1) is 20.8. The van der Waals surface area contributed by atoms with E-state index in [1.165, 1.54) is 32.0 Å². The number of aryl methyl sites for hydroxylation is 2. The number of carbonyl (C=O) groups is 1. The quantitative estimate of drug-likeness (QED) is 0.301. The first-order valence-corrected chi connectivity index (χ1v) is 11.9. The Morgan fingerprint density at radius 1 is 0.667 bits per heavy atom. The zero-order valence-corrected chi connectivity index (χ0v) is 19.4. The second-order valence-corrected chi connectivity index (χ2v) is 10.4. The van der Waals surface area contributed by atoms with Gasteiger partial charge >= 0.3 is 0 Å². The predicted octanol–water partition coefficient (Wildman–Crippen LogP) is 8.24. The van der Waals surface area contributed by atoms with Crippen molar-refractivity contribution in [2.45, 2.75) is 39.5 Å². The lowest BCUT2D eigenvalue weighted by Crippen LogP contribution is -2.14. The van der Waals surface area contributed by atoms with Crippen molar-refractivity contribution in [2.75, 3.05) is 0 Å². The molecule has 3 heteroatoms. The van der Waals surface area contributed by atoms with Crippen molar-refractivity contribution in [3.05, 3.63) is 92.3 Å². The molecule has 0 spiro atoms. The second-order valence-electron chi connectivity index (χ2n) is 7.82. The Balaban J connectivity index is 1.58. The summed E-state index contributed by atoms with van der Waals surface area (Å²) in [4.78, 5) is 18.2. The molecule has 0 aliphatic heterocycles. The number of rotatable bonds is 6. The fourth-order valence-corrected chi connectivity index (χ4v) is 6.12. The van der Waals surface area contributed by atoms with E-state index in [0.29, 0.717) is 0 Å². The maximum Gasteiger partial charge on any atom is 0.148 e. The van der Waals surface area contributed by atoms with Gasteiger partial charge in [0.15, 0.2) is 0 Å².